The van der Waals surface area contributed by atoms with Crippen LogP contribution in [0.15, 0.2) is 54.6 Å². The van der Waals surface area contributed by atoms with Gasteiger partial charge in [0.05, 0.1) is 19.1 Å². The Morgan fingerprint density at radius 1 is 0.974 bits per heavy atom. The molecule has 0 unspecified atom stereocenters. The fourth-order valence-corrected chi connectivity index (χ4v) is 4.04. The normalized spacial score (nSPS) is 12.3. The summed E-state index contributed by atoms with van der Waals surface area (Å²) in [5.74, 6) is -0.427. The van der Waals surface area contributed by atoms with E-state index in [1.54, 1.807) is 7.05 Å². The molecule has 2 aromatic carbocycles. The number of benzene rings is 2. The number of unbranched alkanes of at least 4 members (excludes halogenated alkanes) is 1. The summed E-state index contributed by atoms with van der Waals surface area (Å²) in [5.41, 5.74) is 19.0. The molecular formula is C29H44N6O4. The van der Waals surface area contributed by atoms with Crippen molar-refractivity contribution in [3.63, 3.8) is 0 Å². The number of nitrogens with zero attached hydrogens (tertiary/aromatic N) is 2. The quantitative estimate of drug-likeness (QED) is 0.221. The zero-order valence-corrected chi connectivity index (χ0v) is 23.2. The van der Waals surface area contributed by atoms with E-state index in [0.717, 1.165) is 24.2 Å². The van der Waals surface area contributed by atoms with Crippen LogP contribution < -0.4 is 32.2 Å². The van der Waals surface area contributed by atoms with E-state index in [4.69, 9.17) is 21.9 Å². The van der Waals surface area contributed by atoms with Crippen LogP contribution in [0, 0.1) is 0 Å². The van der Waals surface area contributed by atoms with Gasteiger partial charge < -0.3 is 37.1 Å². The smallest absolute Gasteiger partial charge is 0.249 e. The van der Waals surface area contributed by atoms with Gasteiger partial charge in [0.1, 0.15) is 11.8 Å². The second kappa shape index (κ2) is 17.2. The van der Waals surface area contributed by atoms with Crippen LogP contribution in [0.4, 0.5) is 5.69 Å². The minimum atomic E-state index is -1.12. The van der Waals surface area contributed by atoms with Crippen molar-refractivity contribution in [2.75, 3.05) is 44.7 Å². The molecule has 0 radical (unpaired) electrons. The topological polar surface area (TPSA) is 157 Å². The highest BCUT2D eigenvalue weighted by Crippen LogP contribution is 2.20. The van der Waals surface area contributed by atoms with Crippen LogP contribution in [-0.2, 0) is 20.8 Å². The van der Waals surface area contributed by atoms with Crippen LogP contribution in [0.3, 0.4) is 0 Å². The first-order valence-electron chi connectivity index (χ1n) is 13.6. The number of ether oxygens (including phenoxy) is 1. The third-order valence-corrected chi connectivity index (χ3v) is 6.38. The maximum Gasteiger partial charge on any atom is 0.249 e. The molecular weight excluding hydrogens is 496 g/mol. The first-order valence-corrected chi connectivity index (χ1v) is 13.6. The van der Waals surface area contributed by atoms with E-state index in [1.807, 2.05) is 54.6 Å². The lowest BCUT2D eigenvalue weighted by molar-refractivity contribution is -0.134. The van der Waals surface area contributed by atoms with E-state index in [9.17, 15) is 14.4 Å². The number of aryl methyl sites for hydroxylation is 1. The molecule has 0 saturated carbocycles. The van der Waals surface area contributed by atoms with Crippen molar-refractivity contribution >= 4 is 23.4 Å². The lowest BCUT2D eigenvalue weighted by atomic mass is 10.0. The fraction of sp³-hybridized carbons (Fsp3) is 0.483. The van der Waals surface area contributed by atoms with Crippen molar-refractivity contribution in [1.29, 1.82) is 0 Å². The standard InChI is InChI=1S/C29H44N6O4/c1-3-4-20-39-24-13-11-23(12-14-24)34(2)29(38)26(15-10-22-8-6-5-7-9-22)33-28(37)25(32)21-27(36)35(18-16-30)19-17-31/h5-9,11-14,25-26H,3-4,10,15-21,30-32H2,1-2H3,(H,33,37)/t25-,26-/m0/s1. The molecule has 0 aliphatic carbocycles. The van der Waals surface area contributed by atoms with Crippen molar-refractivity contribution in [3.8, 4) is 5.75 Å². The third kappa shape index (κ3) is 10.7. The lowest BCUT2D eigenvalue weighted by Crippen LogP contribution is -2.53. The van der Waals surface area contributed by atoms with Crippen LogP contribution >= 0.6 is 0 Å². The number of hydrogen-bond acceptors (Lipinski definition) is 7. The zero-order chi connectivity index (χ0) is 28.6. The van der Waals surface area contributed by atoms with E-state index in [2.05, 4.69) is 12.2 Å². The molecule has 7 N–H and O–H groups in total. The Labute approximate surface area is 231 Å². The first kappa shape index (κ1) is 31.7. The molecule has 0 heterocycles. The second-order valence-electron chi connectivity index (χ2n) is 9.45. The zero-order valence-electron chi connectivity index (χ0n) is 23.2. The minimum absolute atomic E-state index is 0.208. The van der Waals surface area contributed by atoms with Crippen molar-refractivity contribution in [2.45, 2.75) is 51.1 Å². The van der Waals surface area contributed by atoms with Crippen LogP contribution in [0.2, 0.25) is 0 Å². The number of hydrogen-bond donors (Lipinski definition) is 4. The Morgan fingerprint density at radius 2 is 1.62 bits per heavy atom. The van der Waals surface area contributed by atoms with Gasteiger partial charge in [0.15, 0.2) is 0 Å². The molecule has 214 valence electrons. The predicted octanol–water partition coefficient (Wildman–Crippen LogP) is 1.41. The molecule has 10 nitrogen and oxygen atoms in total. The Kier molecular flexibility index (Phi) is 14.0. The summed E-state index contributed by atoms with van der Waals surface area (Å²) in [4.78, 5) is 42.2. The molecule has 2 aromatic rings. The summed E-state index contributed by atoms with van der Waals surface area (Å²) in [6.07, 6.45) is 2.74. The molecule has 39 heavy (non-hydrogen) atoms. The largest absolute Gasteiger partial charge is 0.494 e. The number of carbonyl (C=O) groups excluding carboxylic acids is 3. The number of nitrogens with two attached hydrogens (primary N) is 3. The molecule has 10 heteroatoms. The van der Waals surface area contributed by atoms with Gasteiger partial charge in [0.2, 0.25) is 17.7 Å². The van der Waals surface area contributed by atoms with Crippen molar-refractivity contribution in [3.05, 3.63) is 60.2 Å². The number of carbonyl (C=O) groups is 3. The number of likely N-dealkylation sites (N-methyl/N-ethyl adjacent to an activating group) is 1. The summed E-state index contributed by atoms with van der Waals surface area (Å²) in [5, 5.41) is 2.79. The fourth-order valence-electron chi connectivity index (χ4n) is 4.04. The SMILES string of the molecule is CCCCOc1ccc(N(C)C(=O)[C@H](CCc2ccccc2)NC(=O)[C@@H](N)CC(=O)N(CCN)CCN)cc1. The van der Waals surface area contributed by atoms with E-state index >= 15 is 0 Å². The maximum absolute atomic E-state index is 13.6. The first-order chi connectivity index (χ1) is 18.8. The summed E-state index contributed by atoms with van der Waals surface area (Å²) in [6, 6.07) is 15.0. The average molecular weight is 541 g/mol. The van der Waals surface area contributed by atoms with Gasteiger partial charge >= 0.3 is 0 Å². The monoisotopic (exact) mass is 540 g/mol. The van der Waals surface area contributed by atoms with E-state index in [-0.39, 0.29) is 31.3 Å². The van der Waals surface area contributed by atoms with Crippen molar-refractivity contribution in [2.24, 2.45) is 17.2 Å². The summed E-state index contributed by atoms with van der Waals surface area (Å²) in [6.45, 7) is 3.95. The van der Waals surface area contributed by atoms with Gasteiger partial charge in [-0.3, -0.25) is 14.4 Å². The van der Waals surface area contributed by atoms with Crippen LogP contribution in [0.5, 0.6) is 5.75 Å². The van der Waals surface area contributed by atoms with Gasteiger partial charge in [-0.25, -0.2) is 0 Å². The van der Waals surface area contributed by atoms with Gasteiger partial charge in [0, 0.05) is 38.9 Å². The molecule has 0 spiro atoms. The molecule has 0 aromatic heterocycles. The maximum atomic E-state index is 13.6. The molecule has 0 saturated heterocycles. The Hall–Kier alpha value is -3.47. The summed E-state index contributed by atoms with van der Waals surface area (Å²) < 4.78 is 5.72. The van der Waals surface area contributed by atoms with Gasteiger partial charge in [-0.1, -0.05) is 43.7 Å². The highest BCUT2D eigenvalue weighted by atomic mass is 16.5. The van der Waals surface area contributed by atoms with Gasteiger partial charge in [-0.2, -0.15) is 0 Å². The predicted molar refractivity (Wildman–Crippen MR) is 154 cm³/mol. The molecule has 0 fully saturated rings. The molecule has 0 aliphatic heterocycles. The van der Waals surface area contributed by atoms with E-state index < -0.39 is 18.0 Å². The molecule has 2 atom stereocenters. The Bertz CT molecular complexity index is 1010. The summed E-state index contributed by atoms with van der Waals surface area (Å²) in [7, 11) is 1.66. The molecule has 3 amide bonds. The number of nitrogens with one attached hydrogen (secondary N) is 1. The Balaban J connectivity index is 2.12. The van der Waals surface area contributed by atoms with Crippen LogP contribution in [-0.4, -0.2) is 74.5 Å². The van der Waals surface area contributed by atoms with Crippen LogP contribution in [0.25, 0.3) is 0 Å². The summed E-state index contributed by atoms with van der Waals surface area (Å²) >= 11 is 0. The lowest BCUT2D eigenvalue weighted by Gasteiger charge is -2.27. The van der Waals surface area contributed by atoms with Gasteiger partial charge in [-0.15, -0.1) is 0 Å². The number of rotatable bonds is 17. The number of amides is 3. The average Bonchev–Trinajstić information content (AvgIpc) is 2.95. The minimum Gasteiger partial charge on any atom is -0.494 e. The third-order valence-electron chi connectivity index (χ3n) is 6.38. The second-order valence-corrected chi connectivity index (χ2v) is 9.45. The Morgan fingerprint density at radius 3 is 2.21 bits per heavy atom. The highest BCUT2D eigenvalue weighted by Gasteiger charge is 2.28. The molecule has 0 aliphatic rings. The highest BCUT2D eigenvalue weighted by molar-refractivity contribution is 5.99. The number of anilines is 1. The van der Waals surface area contributed by atoms with Gasteiger partial charge in [0.25, 0.3) is 0 Å². The van der Waals surface area contributed by atoms with Crippen molar-refractivity contribution in [1.82, 2.24) is 10.2 Å². The van der Waals surface area contributed by atoms with E-state index in [0.29, 0.717) is 38.2 Å². The van der Waals surface area contributed by atoms with E-state index in [1.165, 1.54) is 9.80 Å². The van der Waals surface area contributed by atoms with Crippen LogP contribution in [0.1, 0.15) is 38.2 Å². The molecule has 0 bridgehead atoms. The van der Waals surface area contributed by atoms with Gasteiger partial charge in [-0.05, 0) is 49.1 Å². The molecule has 2 rings (SSSR count). The van der Waals surface area contributed by atoms with Crippen molar-refractivity contribution < 1.29 is 19.1 Å².